The maximum Gasteiger partial charge on any atom is 0.189 e. The fourth-order valence-electron chi connectivity index (χ4n) is 1.64. The Labute approximate surface area is 117 Å². The van der Waals surface area contributed by atoms with E-state index in [-0.39, 0.29) is 11.5 Å². The van der Waals surface area contributed by atoms with E-state index in [0.717, 1.165) is 13.0 Å². The number of aromatic nitrogens is 4. The van der Waals surface area contributed by atoms with Gasteiger partial charge in [-0.05, 0) is 41.1 Å². The van der Waals surface area contributed by atoms with Crippen molar-refractivity contribution in [2.45, 2.75) is 31.4 Å². The molecule has 0 atom stereocenters. The molecule has 2 aromatic rings. The average Bonchev–Trinajstić information content (AvgIpc) is 2.84. The highest BCUT2D eigenvalue weighted by Crippen LogP contribution is 2.16. The number of hydrogen-bond donors (Lipinski definition) is 0. The zero-order chi connectivity index (χ0) is 14.6. The van der Waals surface area contributed by atoms with Crippen LogP contribution < -0.4 is 4.74 Å². The Kier molecular flexibility index (Phi) is 4.33. The van der Waals surface area contributed by atoms with E-state index in [9.17, 15) is 8.42 Å². The van der Waals surface area contributed by atoms with Crippen LogP contribution >= 0.6 is 0 Å². The van der Waals surface area contributed by atoms with E-state index in [0.29, 0.717) is 11.6 Å². The number of ether oxygens (including phenoxy) is 1. The van der Waals surface area contributed by atoms with Crippen LogP contribution in [0.2, 0.25) is 0 Å². The van der Waals surface area contributed by atoms with Gasteiger partial charge in [-0.25, -0.2) is 13.1 Å². The van der Waals surface area contributed by atoms with Gasteiger partial charge in [0, 0.05) is 12.8 Å². The summed E-state index contributed by atoms with van der Waals surface area (Å²) >= 11 is 0. The summed E-state index contributed by atoms with van der Waals surface area (Å²) in [4.78, 5) is 0.265. The lowest BCUT2D eigenvalue weighted by molar-refractivity contribution is 0.286. The molecular weight excluding hydrogens is 280 g/mol. The van der Waals surface area contributed by atoms with Crippen molar-refractivity contribution in [2.24, 2.45) is 0 Å². The fraction of sp³-hybridized carbons (Fsp3) is 0.417. The molecule has 0 radical (unpaired) electrons. The largest absolute Gasteiger partial charge is 0.486 e. The summed E-state index contributed by atoms with van der Waals surface area (Å²) in [6.07, 6.45) is 2.10. The Morgan fingerprint density at radius 2 is 1.95 bits per heavy atom. The number of aryl methyl sites for hydroxylation is 1. The van der Waals surface area contributed by atoms with Crippen LogP contribution in [0, 0.1) is 0 Å². The molecule has 0 amide bonds. The Morgan fingerprint density at radius 3 is 2.55 bits per heavy atom. The Morgan fingerprint density at radius 1 is 1.25 bits per heavy atom. The molecule has 0 saturated carbocycles. The van der Waals surface area contributed by atoms with E-state index in [1.165, 1.54) is 18.4 Å². The van der Waals surface area contributed by atoms with Gasteiger partial charge in [0.25, 0.3) is 0 Å². The van der Waals surface area contributed by atoms with Crippen LogP contribution in [-0.4, -0.2) is 34.9 Å². The minimum atomic E-state index is -3.18. The summed E-state index contributed by atoms with van der Waals surface area (Å²) in [5.41, 5.74) is 0. The lowest BCUT2D eigenvalue weighted by Crippen LogP contribution is -2.08. The molecule has 0 spiro atoms. The zero-order valence-corrected chi connectivity index (χ0v) is 12.2. The quantitative estimate of drug-likeness (QED) is 0.792. The molecule has 0 unspecified atom stereocenters. The molecule has 7 nitrogen and oxygen atoms in total. The van der Waals surface area contributed by atoms with Gasteiger partial charge >= 0.3 is 0 Å². The van der Waals surface area contributed by atoms with Gasteiger partial charge in [0.15, 0.2) is 15.7 Å². The van der Waals surface area contributed by atoms with Crippen LogP contribution in [0.1, 0.15) is 19.2 Å². The molecule has 1 heterocycles. The highest BCUT2D eigenvalue weighted by molar-refractivity contribution is 7.90. The summed E-state index contributed by atoms with van der Waals surface area (Å²) in [7, 11) is -3.18. The molecular formula is C12H16N4O3S. The molecule has 2 rings (SSSR count). The van der Waals surface area contributed by atoms with Crippen LogP contribution in [0.5, 0.6) is 5.75 Å². The lowest BCUT2D eigenvalue weighted by Gasteiger charge is -2.06. The van der Waals surface area contributed by atoms with Crippen molar-refractivity contribution in [1.82, 2.24) is 20.2 Å². The first-order valence-electron chi connectivity index (χ1n) is 6.18. The highest BCUT2D eigenvalue weighted by Gasteiger charge is 2.08. The van der Waals surface area contributed by atoms with Gasteiger partial charge in [-0.15, -0.1) is 5.10 Å². The molecule has 0 bridgehead atoms. The summed E-state index contributed by atoms with van der Waals surface area (Å²) in [6, 6.07) is 6.26. The minimum Gasteiger partial charge on any atom is -0.486 e. The van der Waals surface area contributed by atoms with Crippen LogP contribution in [0.25, 0.3) is 0 Å². The molecule has 1 aromatic heterocycles. The molecule has 0 aliphatic carbocycles. The number of sulfone groups is 1. The van der Waals surface area contributed by atoms with Crippen molar-refractivity contribution in [3.8, 4) is 5.75 Å². The SMILES string of the molecule is CCCn1nnnc1COc1ccc(S(C)(=O)=O)cc1. The predicted octanol–water partition coefficient (Wildman–Crippen LogP) is 1.07. The average molecular weight is 296 g/mol. The summed E-state index contributed by atoms with van der Waals surface area (Å²) in [5.74, 6) is 1.21. The van der Waals surface area contributed by atoms with E-state index in [4.69, 9.17) is 4.74 Å². The van der Waals surface area contributed by atoms with Crippen LogP contribution in [0.4, 0.5) is 0 Å². The number of rotatable bonds is 6. The molecule has 0 aliphatic rings. The lowest BCUT2D eigenvalue weighted by atomic mass is 10.3. The van der Waals surface area contributed by atoms with Crippen molar-refractivity contribution >= 4 is 9.84 Å². The molecule has 1 aromatic carbocycles. The first-order valence-corrected chi connectivity index (χ1v) is 8.08. The summed E-state index contributed by atoms with van der Waals surface area (Å²) in [6.45, 7) is 3.01. The van der Waals surface area contributed by atoms with E-state index in [2.05, 4.69) is 15.5 Å². The first kappa shape index (κ1) is 14.4. The van der Waals surface area contributed by atoms with E-state index in [1.54, 1.807) is 16.8 Å². The maximum absolute atomic E-state index is 11.3. The molecule has 108 valence electrons. The third kappa shape index (κ3) is 3.53. The van der Waals surface area contributed by atoms with Crippen molar-refractivity contribution in [2.75, 3.05) is 6.26 Å². The van der Waals surface area contributed by atoms with Crippen molar-refractivity contribution in [3.05, 3.63) is 30.1 Å². The van der Waals surface area contributed by atoms with Gasteiger partial charge in [0.1, 0.15) is 12.4 Å². The molecule has 0 N–H and O–H groups in total. The third-order valence-electron chi connectivity index (χ3n) is 2.66. The van der Waals surface area contributed by atoms with Crippen molar-refractivity contribution in [3.63, 3.8) is 0 Å². The van der Waals surface area contributed by atoms with Crippen LogP contribution in [0.3, 0.4) is 0 Å². The maximum atomic E-state index is 11.3. The van der Waals surface area contributed by atoms with Crippen molar-refractivity contribution in [1.29, 1.82) is 0 Å². The van der Waals surface area contributed by atoms with Crippen LogP contribution in [-0.2, 0) is 23.0 Å². The van der Waals surface area contributed by atoms with Gasteiger partial charge in [-0.3, -0.25) is 0 Å². The van der Waals surface area contributed by atoms with Gasteiger partial charge in [-0.1, -0.05) is 6.92 Å². The van der Waals surface area contributed by atoms with Gasteiger partial charge < -0.3 is 4.74 Å². The minimum absolute atomic E-state index is 0.241. The predicted molar refractivity (Wildman–Crippen MR) is 72.0 cm³/mol. The highest BCUT2D eigenvalue weighted by atomic mass is 32.2. The van der Waals surface area contributed by atoms with E-state index >= 15 is 0 Å². The fourth-order valence-corrected chi connectivity index (χ4v) is 2.27. The molecule has 8 heteroatoms. The second kappa shape index (κ2) is 6.00. The van der Waals surface area contributed by atoms with Gasteiger partial charge in [0.05, 0.1) is 4.90 Å². The van der Waals surface area contributed by atoms with E-state index < -0.39 is 9.84 Å². The van der Waals surface area contributed by atoms with E-state index in [1.807, 2.05) is 6.92 Å². The zero-order valence-electron chi connectivity index (χ0n) is 11.4. The number of tetrazole rings is 1. The Hall–Kier alpha value is -1.96. The summed E-state index contributed by atoms with van der Waals surface area (Å²) in [5, 5.41) is 11.4. The number of benzene rings is 1. The second-order valence-corrected chi connectivity index (χ2v) is 6.37. The topological polar surface area (TPSA) is 87.0 Å². The van der Waals surface area contributed by atoms with Gasteiger partial charge in [0.2, 0.25) is 0 Å². The third-order valence-corrected chi connectivity index (χ3v) is 3.79. The van der Waals surface area contributed by atoms with Crippen LogP contribution in [0.15, 0.2) is 29.2 Å². The smallest absolute Gasteiger partial charge is 0.189 e. The Balaban J connectivity index is 2.02. The number of hydrogen-bond acceptors (Lipinski definition) is 6. The Bertz CT molecular complexity index is 664. The molecule has 20 heavy (non-hydrogen) atoms. The normalized spacial score (nSPS) is 11.5. The second-order valence-electron chi connectivity index (χ2n) is 4.35. The molecule has 0 aliphatic heterocycles. The molecule has 0 saturated heterocycles. The standard InChI is InChI=1S/C12H16N4O3S/c1-3-8-16-12(13-14-15-16)9-19-10-4-6-11(7-5-10)20(2,17)18/h4-7H,3,8-9H2,1-2H3. The van der Waals surface area contributed by atoms with Crippen molar-refractivity contribution < 1.29 is 13.2 Å². The molecule has 0 fully saturated rings. The number of nitrogens with zero attached hydrogens (tertiary/aromatic N) is 4. The monoisotopic (exact) mass is 296 g/mol. The summed E-state index contributed by atoms with van der Waals surface area (Å²) < 4.78 is 29.9. The van der Waals surface area contributed by atoms with Gasteiger partial charge in [-0.2, -0.15) is 0 Å². The first-order chi connectivity index (χ1) is 9.50.